The molecule has 0 saturated heterocycles. The molecule has 0 radical (unpaired) electrons. The van der Waals surface area contributed by atoms with Crippen molar-refractivity contribution in [2.45, 2.75) is 46.7 Å². The van der Waals surface area contributed by atoms with E-state index in [-0.39, 0.29) is 24.8 Å². The Hall–Kier alpha value is -3.07. The van der Waals surface area contributed by atoms with Crippen LogP contribution >= 0.6 is 23.2 Å². The van der Waals surface area contributed by atoms with Gasteiger partial charge in [0.15, 0.2) is 0 Å². The molecule has 3 aromatic rings. The van der Waals surface area contributed by atoms with Crippen LogP contribution in [0.4, 0.5) is 5.69 Å². The minimum absolute atomic E-state index is 0.0889. The molecule has 0 heterocycles. The molecule has 1 atom stereocenters. The fraction of sp³-hybridized carbons (Fsp3) is 0.355. The summed E-state index contributed by atoms with van der Waals surface area (Å²) in [7, 11) is -3.87. The maximum atomic E-state index is 14.2. The molecular weight excluding hydrogens is 581 g/mol. The van der Waals surface area contributed by atoms with Crippen LogP contribution in [-0.2, 0) is 32.6 Å². The highest BCUT2D eigenvalue weighted by atomic mass is 35.5. The topological polar surface area (TPSA) is 86.8 Å². The number of sulfonamides is 1. The first-order valence-corrected chi connectivity index (χ1v) is 16.0. The molecule has 2 amide bonds. The fourth-order valence-corrected chi connectivity index (χ4v) is 5.85. The highest BCUT2D eigenvalue weighted by Crippen LogP contribution is 2.29. The van der Waals surface area contributed by atoms with E-state index in [4.69, 9.17) is 23.2 Å². The molecule has 41 heavy (non-hydrogen) atoms. The number of hydrogen-bond donors (Lipinski definition) is 1. The minimum Gasteiger partial charge on any atom is -0.354 e. The molecule has 0 fully saturated rings. The molecule has 1 N–H and O–H groups in total. The van der Waals surface area contributed by atoms with Crippen LogP contribution in [0.15, 0.2) is 66.7 Å². The Bertz CT molecular complexity index is 1460. The second kappa shape index (κ2) is 14.2. The summed E-state index contributed by atoms with van der Waals surface area (Å²) in [5.74, 6) is -0.729. The molecule has 3 rings (SSSR count). The largest absolute Gasteiger partial charge is 0.354 e. The van der Waals surface area contributed by atoms with E-state index in [0.717, 1.165) is 27.3 Å². The summed E-state index contributed by atoms with van der Waals surface area (Å²) in [6.07, 6.45) is 1.27. The van der Waals surface area contributed by atoms with Gasteiger partial charge >= 0.3 is 0 Å². The number of anilines is 1. The van der Waals surface area contributed by atoms with Crippen molar-refractivity contribution in [3.05, 3.63) is 99.0 Å². The van der Waals surface area contributed by atoms with Gasteiger partial charge in [0.2, 0.25) is 21.8 Å². The highest BCUT2D eigenvalue weighted by Gasteiger charge is 2.34. The molecule has 3 aromatic carbocycles. The second-order valence-corrected chi connectivity index (χ2v) is 13.3. The second-order valence-electron chi connectivity index (χ2n) is 10.6. The lowest BCUT2D eigenvalue weighted by Gasteiger charge is -2.34. The van der Waals surface area contributed by atoms with Crippen LogP contribution in [0.3, 0.4) is 0 Å². The summed E-state index contributed by atoms with van der Waals surface area (Å²) < 4.78 is 27.1. The molecule has 7 nitrogen and oxygen atoms in total. The molecule has 220 valence electrons. The third-order valence-electron chi connectivity index (χ3n) is 6.87. The lowest BCUT2D eigenvalue weighted by molar-refractivity contribution is -0.140. The first-order chi connectivity index (χ1) is 19.3. The Morgan fingerprint density at radius 2 is 1.51 bits per heavy atom. The number of benzene rings is 3. The van der Waals surface area contributed by atoms with Crippen LogP contribution in [0.2, 0.25) is 10.0 Å². The number of aryl methyl sites for hydroxylation is 1. The zero-order chi connectivity index (χ0) is 30.3. The third-order valence-corrected chi connectivity index (χ3v) is 8.70. The van der Waals surface area contributed by atoms with Crippen LogP contribution in [0.5, 0.6) is 0 Å². The van der Waals surface area contributed by atoms with Gasteiger partial charge in [-0.1, -0.05) is 85.6 Å². The molecule has 0 bridgehead atoms. The third kappa shape index (κ3) is 8.71. The van der Waals surface area contributed by atoms with Gasteiger partial charge in [-0.25, -0.2) is 8.42 Å². The van der Waals surface area contributed by atoms with Crippen molar-refractivity contribution in [3.8, 4) is 0 Å². The number of carbonyl (C=O) groups is 2. The fourth-order valence-electron chi connectivity index (χ4n) is 4.43. The summed E-state index contributed by atoms with van der Waals surface area (Å²) >= 11 is 13.0. The molecule has 10 heteroatoms. The Kier molecular flexibility index (Phi) is 11.2. The van der Waals surface area contributed by atoms with Crippen molar-refractivity contribution in [2.75, 3.05) is 23.7 Å². The van der Waals surface area contributed by atoms with Crippen LogP contribution in [0.25, 0.3) is 0 Å². The number of amides is 2. The predicted octanol–water partition coefficient (Wildman–Crippen LogP) is 5.79. The molecule has 0 aromatic heterocycles. The summed E-state index contributed by atoms with van der Waals surface area (Å²) in [6, 6.07) is 18.7. The predicted molar refractivity (Wildman–Crippen MR) is 167 cm³/mol. The van der Waals surface area contributed by atoms with Gasteiger partial charge in [-0.2, -0.15) is 0 Å². The maximum absolute atomic E-state index is 14.2. The average Bonchev–Trinajstić information content (AvgIpc) is 2.91. The molecule has 0 unspecified atom stereocenters. The van der Waals surface area contributed by atoms with Crippen molar-refractivity contribution in [2.24, 2.45) is 5.92 Å². The first kappa shape index (κ1) is 32.4. The Morgan fingerprint density at radius 3 is 2.10 bits per heavy atom. The van der Waals surface area contributed by atoms with E-state index in [9.17, 15) is 18.0 Å². The number of halogens is 2. The van der Waals surface area contributed by atoms with Crippen LogP contribution in [0, 0.1) is 19.8 Å². The number of rotatable bonds is 12. The number of hydrogen-bond acceptors (Lipinski definition) is 4. The van der Waals surface area contributed by atoms with E-state index < -0.39 is 28.5 Å². The van der Waals surface area contributed by atoms with Gasteiger partial charge in [-0.05, 0) is 54.7 Å². The first-order valence-electron chi connectivity index (χ1n) is 13.4. The van der Waals surface area contributed by atoms with E-state index in [0.29, 0.717) is 27.8 Å². The van der Waals surface area contributed by atoms with Gasteiger partial charge in [0.1, 0.15) is 12.6 Å². The van der Waals surface area contributed by atoms with Gasteiger partial charge in [-0.3, -0.25) is 13.9 Å². The van der Waals surface area contributed by atoms with Crippen LogP contribution in [-0.4, -0.2) is 50.5 Å². The molecule has 0 spiro atoms. The average molecular weight is 619 g/mol. The summed E-state index contributed by atoms with van der Waals surface area (Å²) in [6.45, 7) is 7.47. The molecular formula is C31H37Cl2N3O4S. The van der Waals surface area contributed by atoms with Crippen molar-refractivity contribution in [3.63, 3.8) is 0 Å². The summed E-state index contributed by atoms with van der Waals surface area (Å²) in [4.78, 5) is 29.3. The van der Waals surface area contributed by atoms with Crippen molar-refractivity contribution >= 4 is 50.7 Å². The van der Waals surface area contributed by atoms with Crippen LogP contribution < -0.4 is 9.62 Å². The normalized spacial score (nSPS) is 12.2. The van der Waals surface area contributed by atoms with E-state index in [1.165, 1.54) is 4.90 Å². The monoisotopic (exact) mass is 617 g/mol. The number of carbonyl (C=O) groups excluding carboxylic acids is 2. The molecule has 0 aliphatic heterocycles. The summed E-state index contributed by atoms with van der Waals surface area (Å²) in [5.41, 5.74) is 3.34. The van der Waals surface area contributed by atoms with Gasteiger partial charge in [0, 0.05) is 35.1 Å². The van der Waals surface area contributed by atoms with Crippen LogP contribution in [0.1, 0.15) is 36.1 Å². The van der Waals surface area contributed by atoms with E-state index >= 15 is 0 Å². The number of nitrogens with zero attached hydrogens (tertiary/aromatic N) is 2. The molecule has 0 aliphatic carbocycles. The van der Waals surface area contributed by atoms with Crippen molar-refractivity contribution in [1.29, 1.82) is 0 Å². The number of nitrogens with one attached hydrogen (secondary N) is 1. The Balaban J connectivity index is 2.12. The molecule has 0 aliphatic rings. The van der Waals surface area contributed by atoms with Crippen molar-refractivity contribution < 1.29 is 18.0 Å². The summed E-state index contributed by atoms with van der Waals surface area (Å²) in [5, 5.41) is 3.63. The van der Waals surface area contributed by atoms with E-state index in [1.807, 2.05) is 64.1 Å². The smallest absolute Gasteiger partial charge is 0.244 e. The quantitative estimate of drug-likeness (QED) is 0.279. The van der Waals surface area contributed by atoms with Gasteiger partial charge < -0.3 is 10.2 Å². The van der Waals surface area contributed by atoms with E-state index in [1.54, 1.807) is 30.3 Å². The Labute approximate surface area is 253 Å². The maximum Gasteiger partial charge on any atom is 0.244 e. The Morgan fingerprint density at radius 1 is 0.902 bits per heavy atom. The van der Waals surface area contributed by atoms with E-state index in [2.05, 4.69) is 5.32 Å². The van der Waals surface area contributed by atoms with Gasteiger partial charge in [0.05, 0.1) is 11.9 Å². The van der Waals surface area contributed by atoms with Gasteiger partial charge in [0.25, 0.3) is 0 Å². The minimum atomic E-state index is -3.87. The lowest BCUT2D eigenvalue weighted by atomic mass is 10.0. The van der Waals surface area contributed by atoms with Gasteiger partial charge in [-0.15, -0.1) is 0 Å². The molecule has 0 saturated carbocycles. The standard InChI is InChI=1S/C31H37Cl2N3O4S/c1-21(2)18-34-31(38)29(17-24-12-7-6-8-13-24)35(19-25-26(32)14-10-15-27(25)33)30(37)20-36(41(5,39)40)28-16-9-11-22(3)23(28)4/h6-16,21,29H,17-20H2,1-5H3,(H,34,38)/t29-/m1/s1. The SMILES string of the molecule is Cc1cccc(N(CC(=O)N(Cc2c(Cl)cccc2Cl)[C@H](Cc2ccccc2)C(=O)NCC(C)C)S(C)(=O)=O)c1C. The van der Waals surface area contributed by atoms with Crippen molar-refractivity contribution in [1.82, 2.24) is 10.2 Å². The zero-order valence-electron chi connectivity index (χ0n) is 24.0. The lowest BCUT2D eigenvalue weighted by Crippen LogP contribution is -2.53. The highest BCUT2D eigenvalue weighted by molar-refractivity contribution is 7.92. The zero-order valence-corrected chi connectivity index (χ0v) is 26.4.